The van der Waals surface area contributed by atoms with E-state index in [1.807, 2.05) is 24.3 Å². The highest BCUT2D eigenvalue weighted by atomic mass is 16.5. The van der Waals surface area contributed by atoms with Crippen molar-refractivity contribution in [2.45, 2.75) is 0 Å². The van der Waals surface area contributed by atoms with E-state index in [-0.39, 0.29) is 0 Å². The Morgan fingerprint density at radius 2 is 1.31 bits per heavy atom. The molecule has 0 amide bonds. The van der Waals surface area contributed by atoms with Crippen LogP contribution in [0.15, 0.2) is 24.3 Å². The number of carbonyl (C=O) groups excluding carboxylic acids is 2. The zero-order valence-corrected chi connectivity index (χ0v) is 8.94. The Balaban J connectivity index is 0. The van der Waals surface area contributed by atoms with Crippen molar-refractivity contribution in [3.05, 3.63) is 24.3 Å². The summed E-state index contributed by atoms with van der Waals surface area (Å²) in [6.07, 6.45) is 1.50. The second-order valence-electron chi connectivity index (χ2n) is 2.09. The molecular formula is C10H12N2O4. The molecule has 6 heteroatoms. The fraction of sp³-hybridized carbons (Fsp3) is 0.200. The molecule has 0 heterocycles. The maximum Gasteiger partial charge on any atom is 0.231 e. The maximum absolute atomic E-state index is 8.35. The Labute approximate surface area is 92.8 Å². The predicted molar refractivity (Wildman–Crippen MR) is 56.4 cm³/mol. The molecule has 1 aromatic rings. The summed E-state index contributed by atoms with van der Waals surface area (Å²) in [7, 11) is 3.27. The van der Waals surface area contributed by atoms with Crippen LogP contribution in [0.4, 0.5) is 0 Å². The van der Waals surface area contributed by atoms with Crippen molar-refractivity contribution in [3.8, 4) is 11.5 Å². The van der Waals surface area contributed by atoms with Crippen molar-refractivity contribution in [1.82, 2.24) is 0 Å². The number of ether oxygens (including phenoxy) is 2. The van der Waals surface area contributed by atoms with Gasteiger partial charge in [-0.15, -0.1) is 0 Å². The molecule has 0 aliphatic rings. The van der Waals surface area contributed by atoms with Gasteiger partial charge in [-0.2, -0.15) is 0 Å². The molecule has 86 valence electrons. The molecule has 2 N–H and O–H groups in total. The normalized spacial score (nSPS) is 6.62. The van der Waals surface area contributed by atoms with Crippen LogP contribution in [0.1, 0.15) is 0 Å². The third-order valence-corrected chi connectivity index (χ3v) is 1.28. The number of methoxy groups -OCH3 is 2. The van der Waals surface area contributed by atoms with Gasteiger partial charge in [-0.05, 0) is 12.1 Å². The number of benzene rings is 1. The Kier molecular flexibility index (Phi) is 12.6. The van der Waals surface area contributed by atoms with Gasteiger partial charge in [0.15, 0.2) is 0 Å². The largest absolute Gasteiger partial charge is 0.497 e. The molecule has 0 fully saturated rings. The monoisotopic (exact) mass is 224 g/mol. The van der Waals surface area contributed by atoms with Crippen LogP contribution in [-0.4, -0.2) is 26.4 Å². The average molecular weight is 224 g/mol. The highest BCUT2D eigenvalue weighted by Crippen LogP contribution is 2.17. The minimum absolute atomic E-state index is 0.750. The Bertz CT molecular complexity index is 322. The number of hydrogen-bond acceptors (Lipinski definition) is 6. The lowest BCUT2D eigenvalue weighted by molar-refractivity contribution is 0.394. The standard InChI is InChI=1S/C8H10O2.2CHNO/c1-9-7-4-3-5-8(6-7)10-2;2*2-1-3/h3-6H,1-2H3;2*2H. The number of hydrogen-bond donors (Lipinski definition) is 2. The molecular weight excluding hydrogens is 212 g/mol. The van der Waals surface area contributed by atoms with Gasteiger partial charge in [-0.25, -0.2) is 20.4 Å². The fourth-order valence-corrected chi connectivity index (χ4v) is 0.728. The van der Waals surface area contributed by atoms with E-state index in [9.17, 15) is 0 Å². The SMILES string of the molecule is COc1cccc(OC)c1.N=C=O.N=C=O. The number of isocyanates is 2. The molecule has 0 saturated carbocycles. The van der Waals surface area contributed by atoms with E-state index >= 15 is 0 Å². The van der Waals surface area contributed by atoms with Crippen LogP contribution in [0.25, 0.3) is 0 Å². The van der Waals surface area contributed by atoms with Crippen molar-refractivity contribution in [2.24, 2.45) is 0 Å². The first-order chi connectivity index (χ1) is 7.69. The first-order valence-corrected chi connectivity index (χ1v) is 3.95. The summed E-state index contributed by atoms with van der Waals surface area (Å²) in [5.41, 5.74) is 0. The molecule has 0 atom stereocenters. The van der Waals surface area contributed by atoms with E-state index in [1.165, 1.54) is 0 Å². The minimum atomic E-state index is 0.750. The van der Waals surface area contributed by atoms with Gasteiger partial charge in [0, 0.05) is 6.07 Å². The first kappa shape index (κ1) is 16.0. The lowest BCUT2D eigenvalue weighted by Crippen LogP contribution is -1.84. The molecule has 6 nitrogen and oxygen atoms in total. The van der Waals surface area contributed by atoms with Gasteiger partial charge >= 0.3 is 0 Å². The van der Waals surface area contributed by atoms with E-state index in [0.717, 1.165) is 23.7 Å². The molecule has 0 unspecified atom stereocenters. The maximum atomic E-state index is 8.35. The van der Waals surface area contributed by atoms with Gasteiger partial charge in [0.25, 0.3) is 0 Å². The fourth-order valence-electron chi connectivity index (χ4n) is 0.728. The molecule has 16 heavy (non-hydrogen) atoms. The smallest absolute Gasteiger partial charge is 0.231 e. The lowest BCUT2D eigenvalue weighted by atomic mass is 10.3. The Morgan fingerprint density at radius 3 is 1.56 bits per heavy atom. The molecule has 0 saturated heterocycles. The first-order valence-electron chi connectivity index (χ1n) is 3.95. The van der Waals surface area contributed by atoms with E-state index in [2.05, 4.69) is 0 Å². The van der Waals surface area contributed by atoms with Gasteiger partial charge in [0.1, 0.15) is 11.5 Å². The molecule has 0 aliphatic heterocycles. The van der Waals surface area contributed by atoms with Gasteiger partial charge in [-0.3, -0.25) is 0 Å². The van der Waals surface area contributed by atoms with Gasteiger partial charge in [-0.1, -0.05) is 6.07 Å². The third kappa shape index (κ3) is 9.67. The van der Waals surface area contributed by atoms with Crippen molar-refractivity contribution in [2.75, 3.05) is 14.2 Å². The van der Waals surface area contributed by atoms with Gasteiger partial charge in [0.2, 0.25) is 12.2 Å². The Hall–Kier alpha value is -2.42. The molecule has 0 aromatic heterocycles. The van der Waals surface area contributed by atoms with Crippen LogP contribution in [0.2, 0.25) is 0 Å². The van der Waals surface area contributed by atoms with Crippen LogP contribution in [0, 0.1) is 10.8 Å². The van der Waals surface area contributed by atoms with Crippen LogP contribution in [-0.2, 0) is 9.59 Å². The molecule has 0 radical (unpaired) electrons. The second-order valence-corrected chi connectivity index (χ2v) is 2.09. The van der Waals surface area contributed by atoms with E-state index < -0.39 is 0 Å². The molecule has 0 bridgehead atoms. The molecule has 0 aliphatic carbocycles. The Morgan fingerprint density at radius 1 is 1.00 bits per heavy atom. The summed E-state index contributed by atoms with van der Waals surface area (Å²) in [5.74, 6) is 1.64. The number of rotatable bonds is 2. The summed E-state index contributed by atoms with van der Waals surface area (Å²) in [6.45, 7) is 0. The second kappa shape index (κ2) is 12.6. The van der Waals surface area contributed by atoms with E-state index in [1.54, 1.807) is 14.2 Å². The summed E-state index contributed by atoms with van der Waals surface area (Å²) >= 11 is 0. The lowest BCUT2D eigenvalue weighted by Gasteiger charge is -2.01. The molecule has 1 rings (SSSR count). The molecule has 1 aromatic carbocycles. The van der Waals surface area contributed by atoms with Gasteiger partial charge < -0.3 is 9.47 Å². The summed E-state index contributed by atoms with van der Waals surface area (Å²) in [6, 6.07) is 7.47. The molecule has 0 spiro atoms. The van der Waals surface area contributed by atoms with Crippen molar-refractivity contribution < 1.29 is 19.1 Å². The highest BCUT2D eigenvalue weighted by molar-refractivity contribution is 5.32. The van der Waals surface area contributed by atoms with Crippen LogP contribution in [0.3, 0.4) is 0 Å². The van der Waals surface area contributed by atoms with E-state index in [0.29, 0.717) is 0 Å². The number of nitrogens with one attached hydrogen (secondary N) is 2. The van der Waals surface area contributed by atoms with Crippen LogP contribution in [0.5, 0.6) is 11.5 Å². The van der Waals surface area contributed by atoms with Crippen LogP contribution < -0.4 is 9.47 Å². The zero-order chi connectivity index (χ0) is 12.8. The van der Waals surface area contributed by atoms with Crippen molar-refractivity contribution in [1.29, 1.82) is 10.8 Å². The summed E-state index contributed by atoms with van der Waals surface area (Å²) < 4.78 is 9.95. The zero-order valence-electron chi connectivity index (χ0n) is 8.94. The topological polar surface area (TPSA) is 100 Å². The quantitative estimate of drug-likeness (QED) is 0.587. The van der Waals surface area contributed by atoms with Crippen molar-refractivity contribution >= 4 is 12.2 Å². The minimum Gasteiger partial charge on any atom is -0.497 e. The van der Waals surface area contributed by atoms with Gasteiger partial charge in [0.05, 0.1) is 14.2 Å². The summed E-state index contributed by atoms with van der Waals surface area (Å²) in [5, 5.41) is 10.8. The van der Waals surface area contributed by atoms with Crippen molar-refractivity contribution in [3.63, 3.8) is 0 Å². The highest BCUT2D eigenvalue weighted by Gasteiger charge is 1.91. The summed E-state index contributed by atoms with van der Waals surface area (Å²) in [4.78, 5) is 16.7. The third-order valence-electron chi connectivity index (χ3n) is 1.28. The average Bonchev–Trinajstić information content (AvgIpc) is 2.31. The predicted octanol–water partition coefficient (Wildman–Crippen LogP) is 1.51. The van der Waals surface area contributed by atoms with E-state index in [4.69, 9.17) is 29.9 Å². The van der Waals surface area contributed by atoms with Crippen LogP contribution >= 0.6 is 0 Å².